The third-order valence-electron chi connectivity index (χ3n) is 4.60. The number of nitrogens with one attached hydrogen (secondary N) is 2. The normalized spacial score (nSPS) is 18.8. The van der Waals surface area contributed by atoms with Gasteiger partial charge in [0.2, 0.25) is 0 Å². The van der Waals surface area contributed by atoms with E-state index in [2.05, 4.69) is 10.6 Å². The molecule has 1 aliphatic rings. The Balaban J connectivity index is 1.92. The Morgan fingerprint density at radius 2 is 2.08 bits per heavy atom. The van der Waals surface area contributed by atoms with E-state index in [9.17, 15) is 13.2 Å². The van der Waals surface area contributed by atoms with Crippen LogP contribution in [-0.2, 0) is 14.6 Å². The summed E-state index contributed by atoms with van der Waals surface area (Å²) in [5.74, 6) is -0.112. The molecule has 2 atom stereocenters. The van der Waals surface area contributed by atoms with Gasteiger partial charge in [-0.2, -0.15) is 0 Å². The van der Waals surface area contributed by atoms with Crippen molar-refractivity contribution in [2.24, 2.45) is 0 Å². The van der Waals surface area contributed by atoms with E-state index in [0.717, 1.165) is 30.6 Å². The van der Waals surface area contributed by atoms with Gasteiger partial charge in [0, 0.05) is 19.2 Å². The van der Waals surface area contributed by atoms with E-state index in [1.165, 1.54) is 0 Å². The van der Waals surface area contributed by atoms with Crippen molar-refractivity contribution in [3.8, 4) is 0 Å². The van der Waals surface area contributed by atoms with Gasteiger partial charge in [0.05, 0.1) is 16.8 Å². The molecule has 0 aromatic heterocycles. The highest BCUT2D eigenvalue weighted by Gasteiger charge is 2.23. The van der Waals surface area contributed by atoms with Crippen molar-refractivity contribution < 1.29 is 17.9 Å². The van der Waals surface area contributed by atoms with E-state index in [1.54, 1.807) is 12.1 Å². The summed E-state index contributed by atoms with van der Waals surface area (Å²) < 4.78 is 30.7. The number of aryl methyl sites for hydroxylation is 2. The van der Waals surface area contributed by atoms with Gasteiger partial charge in [0.15, 0.2) is 9.84 Å². The average molecular weight is 368 g/mol. The smallest absolute Gasteiger partial charge is 0.315 e. The van der Waals surface area contributed by atoms with Crippen LogP contribution in [0.1, 0.15) is 37.3 Å². The molecule has 1 saturated heterocycles. The topological polar surface area (TPSA) is 84.5 Å². The second-order valence-electron chi connectivity index (χ2n) is 6.62. The predicted octanol–water partition coefficient (Wildman–Crippen LogP) is 2.33. The highest BCUT2D eigenvalue weighted by molar-refractivity contribution is 7.91. The Kier molecular flexibility index (Phi) is 6.84. The molecule has 0 spiro atoms. The molecule has 1 fully saturated rings. The molecular formula is C18H28N2O4S. The lowest BCUT2D eigenvalue weighted by molar-refractivity contribution is 0.111. The standard InChI is InChI=1S/C18H28N2O4S/c1-4-15(20-18(21)19-11-16-6-5-9-24-16)12-25(22,23)17-8-7-13(2)14(3)10-17/h7-8,10,15-16H,4-6,9,11-12H2,1-3H3,(H2,19,20,21). The Bertz CT molecular complexity index is 697. The maximum absolute atomic E-state index is 12.6. The lowest BCUT2D eigenvalue weighted by Crippen LogP contribution is -2.46. The SMILES string of the molecule is CCC(CS(=O)(=O)c1ccc(C)c(C)c1)NC(=O)NCC1CCCO1. The summed E-state index contributed by atoms with van der Waals surface area (Å²) >= 11 is 0. The van der Waals surface area contributed by atoms with Crippen LogP contribution in [0.4, 0.5) is 4.79 Å². The summed E-state index contributed by atoms with van der Waals surface area (Å²) in [6.45, 7) is 6.88. The fourth-order valence-electron chi connectivity index (χ4n) is 2.78. The Labute approximate surface area is 150 Å². The summed E-state index contributed by atoms with van der Waals surface area (Å²) in [5, 5.41) is 5.52. The van der Waals surface area contributed by atoms with Gasteiger partial charge in [-0.1, -0.05) is 13.0 Å². The first-order valence-corrected chi connectivity index (χ1v) is 10.4. The average Bonchev–Trinajstić information content (AvgIpc) is 3.08. The van der Waals surface area contributed by atoms with Gasteiger partial charge < -0.3 is 15.4 Å². The first kappa shape index (κ1) is 19.7. The Morgan fingerprint density at radius 1 is 1.32 bits per heavy atom. The van der Waals surface area contributed by atoms with E-state index in [1.807, 2.05) is 26.8 Å². The number of rotatable bonds is 7. The van der Waals surface area contributed by atoms with Crippen molar-refractivity contribution in [3.63, 3.8) is 0 Å². The van der Waals surface area contributed by atoms with Crippen molar-refractivity contribution in [3.05, 3.63) is 29.3 Å². The monoisotopic (exact) mass is 368 g/mol. The lowest BCUT2D eigenvalue weighted by Gasteiger charge is -2.19. The third-order valence-corrected chi connectivity index (χ3v) is 6.41. The molecule has 1 heterocycles. The first-order valence-electron chi connectivity index (χ1n) is 8.77. The maximum atomic E-state index is 12.6. The number of sulfone groups is 1. The summed E-state index contributed by atoms with van der Waals surface area (Å²) in [6, 6.07) is 4.34. The van der Waals surface area contributed by atoms with Gasteiger partial charge in [-0.25, -0.2) is 13.2 Å². The maximum Gasteiger partial charge on any atom is 0.315 e. The second-order valence-corrected chi connectivity index (χ2v) is 8.66. The summed E-state index contributed by atoms with van der Waals surface area (Å²) in [5.41, 5.74) is 1.99. The molecule has 140 valence electrons. The molecule has 2 rings (SSSR count). The number of ether oxygens (including phenoxy) is 1. The molecule has 25 heavy (non-hydrogen) atoms. The van der Waals surface area contributed by atoms with Crippen LogP contribution in [0.5, 0.6) is 0 Å². The molecule has 6 nitrogen and oxygen atoms in total. The zero-order chi connectivity index (χ0) is 18.4. The van der Waals surface area contributed by atoms with Gasteiger partial charge in [0.1, 0.15) is 0 Å². The number of urea groups is 1. The quantitative estimate of drug-likeness (QED) is 0.774. The van der Waals surface area contributed by atoms with Gasteiger partial charge in [-0.3, -0.25) is 0 Å². The second kappa shape index (κ2) is 8.67. The summed E-state index contributed by atoms with van der Waals surface area (Å²) in [7, 11) is -3.45. The van der Waals surface area contributed by atoms with Crippen molar-refractivity contribution in [1.29, 1.82) is 0 Å². The van der Waals surface area contributed by atoms with Gasteiger partial charge >= 0.3 is 6.03 Å². The van der Waals surface area contributed by atoms with Crippen molar-refractivity contribution in [1.82, 2.24) is 10.6 Å². The van der Waals surface area contributed by atoms with Crippen LogP contribution in [0, 0.1) is 13.8 Å². The number of benzene rings is 1. The van der Waals surface area contributed by atoms with Crippen molar-refractivity contribution >= 4 is 15.9 Å². The fourth-order valence-corrected chi connectivity index (χ4v) is 4.45. The largest absolute Gasteiger partial charge is 0.376 e. The number of carbonyl (C=O) groups is 1. The zero-order valence-corrected chi connectivity index (χ0v) is 16.0. The van der Waals surface area contributed by atoms with E-state index in [-0.39, 0.29) is 17.9 Å². The summed E-state index contributed by atoms with van der Waals surface area (Å²) in [4.78, 5) is 12.3. The van der Waals surface area contributed by atoms with Crippen molar-refractivity contribution in [2.45, 2.75) is 57.1 Å². The van der Waals surface area contributed by atoms with Crippen molar-refractivity contribution in [2.75, 3.05) is 18.9 Å². The van der Waals surface area contributed by atoms with Crippen LogP contribution < -0.4 is 10.6 Å². The molecule has 1 aromatic rings. The molecule has 0 bridgehead atoms. The number of amides is 2. The van der Waals surface area contributed by atoms with Gasteiger partial charge in [-0.15, -0.1) is 0 Å². The number of carbonyl (C=O) groups excluding carboxylic acids is 1. The van der Waals surface area contributed by atoms with Gasteiger partial charge in [0.25, 0.3) is 0 Å². The zero-order valence-electron chi connectivity index (χ0n) is 15.2. The van der Waals surface area contributed by atoms with Crippen LogP contribution in [0.25, 0.3) is 0 Å². The van der Waals surface area contributed by atoms with E-state index in [4.69, 9.17) is 4.74 Å². The molecule has 2 amide bonds. The van der Waals surface area contributed by atoms with E-state index >= 15 is 0 Å². The minimum atomic E-state index is -3.45. The molecule has 7 heteroatoms. The van der Waals surface area contributed by atoms with Crippen LogP contribution in [0.2, 0.25) is 0 Å². The minimum Gasteiger partial charge on any atom is -0.376 e. The van der Waals surface area contributed by atoms with Crippen LogP contribution in [-0.4, -0.2) is 45.5 Å². The summed E-state index contributed by atoms with van der Waals surface area (Å²) in [6.07, 6.45) is 2.56. The van der Waals surface area contributed by atoms with E-state index < -0.39 is 15.9 Å². The number of hydrogen-bond donors (Lipinski definition) is 2. The lowest BCUT2D eigenvalue weighted by atomic mass is 10.1. The van der Waals surface area contributed by atoms with E-state index in [0.29, 0.717) is 17.9 Å². The Hall–Kier alpha value is -1.60. The fraction of sp³-hybridized carbons (Fsp3) is 0.611. The molecule has 0 aliphatic carbocycles. The third kappa shape index (κ3) is 5.71. The highest BCUT2D eigenvalue weighted by atomic mass is 32.2. The predicted molar refractivity (Wildman–Crippen MR) is 97.6 cm³/mol. The highest BCUT2D eigenvalue weighted by Crippen LogP contribution is 2.17. The first-order chi connectivity index (χ1) is 11.8. The molecule has 0 radical (unpaired) electrons. The molecule has 1 aromatic carbocycles. The molecule has 2 N–H and O–H groups in total. The molecule has 0 saturated carbocycles. The number of hydrogen-bond acceptors (Lipinski definition) is 4. The molecule has 1 aliphatic heterocycles. The van der Waals surface area contributed by atoms with Crippen LogP contribution >= 0.6 is 0 Å². The van der Waals surface area contributed by atoms with Crippen LogP contribution in [0.15, 0.2) is 23.1 Å². The minimum absolute atomic E-state index is 0.0603. The molecular weight excluding hydrogens is 340 g/mol. The molecule has 2 unspecified atom stereocenters. The van der Waals surface area contributed by atoms with Gasteiger partial charge in [-0.05, 0) is 56.4 Å². The van der Waals surface area contributed by atoms with Crippen LogP contribution in [0.3, 0.4) is 0 Å². The Morgan fingerprint density at radius 3 is 2.68 bits per heavy atom.